The molecular weight excluding hydrogens is 368 g/mol. The minimum Gasteiger partial charge on any atom is -0.307 e. The van der Waals surface area contributed by atoms with Crippen LogP contribution in [-0.2, 0) is 0 Å². The van der Waals surface area contributed by atoms with Crippen LogP contribution in [-0.4, -0.2) is 36.6 Å². The molecule has 6 rings (SSSR count). The molecule has 0 aromatic carbocycles. The second kappa shape index (κ2) is 5.93. The van der Waals surface area contributed by atoms with E-state index >= 15 is 0 Å². The van der Waals surface area contributed by atoms with Gasteiger partial charge in [-0.2, -0.15) is 5.10 Å². The highest BCUT2D eigenvalue weighted by atomic mass is 32.1. The molecule has 2 aliphatic rings. The van der Waals surface area contributed by atoms with Gasteiger partial charge in [0.1, 0.15) is 21.7 Å². The number of fused-ring (bicyclic) bond motifs is 4. The summed E-state index contributed by atoms with van der Waals surface area (Å²) in [4.78, 5) is 16.4. The van der Waals surface area contributed by atoms with Crippen LogP contribution in [0.2, 0.25) is 0 Å². The Kier molecular flexibility index (Phi) is 3.46. The lowest BCUT2D eigenvalue weighted by molar-refractivity contribution is 0.575. The number of aromatic nitrogens is 5. The van der Waals surface area contributed by atoms with Gasteiger partial charge >= 0.3 is 0 Å². The third kappa shape index (κ3) is 2.57. The monoisotopic (exact) mass is 388 g/mol. The fourth-order valence-electron chi connectivity index (χ4n) is 4.37. The molecule has 0 spiro atoms. The van der Waals surface area contributed by atoms with Crippen molar-refractivity contribution in [2.75, 3.05) is 0 Å². The molecule has 2 atom stereocenters. The summed E-state index contributed by atoms with van der Waals surface area (Å²) in [5, 5.41) is 8.35. The average molecular weight is 389 g/mol. The predicted octanol–water partition coefficient (Wildman–Crippen LogP) is 3.93. The maximum Gasteiger partial charge on any atom is 0.156 e. The number of thiophene rings is 1. The number of rotatable bonds is 2. The standard InChI is InChI=1S/C21H20N6S/c1-11-5-16(26-27-10-12(2)23-20(11)27)18-9-22-17-8-19(28-21(17)25-18)13-6-14-3-4-15(7-13)24-14/h5-6,8-10,14-15,24H,3-4,7H2,1-2H3/t14-,15+/m0/s1. The molecule has 1 fully saturated rings. The predicted molar refractivity (Wildman–Crippen MR) is 111 cm³/mol. The Morgan fingerprint density at radius 1 is 1.14 bits per heavy atom. The molecule has 4 aromatic heterocycles. The van der Waals surface area contributed by atoms with Gasteiger partial charge in [-0.1, -0.05) is 6.08 Å². The van der Waals surface area contributed by atoms with Crippen LogP contribution < -0.4 is 5.32 Å². The van der Waals surface area contributed by atoms with Gasteiger partial charge in [-0.05, 0) is 56.4 Å². The first kappa shape index (κ1) is 16.3. The van der Waals surface area contributed by atoms with Gasteiger partial charge in [0.25, 0.3) is 0 Å². The Labute approximate surface area is 166 Å². The fraction of sp³-hybridized carbons (Fsp3) is 0.333. The van der Waals surface area contributed by atoms with Gasteiger partial charge in [0, 0.05) is 17.0 Å². The van der Waals surface area contributed by atoms with Crippen molar-refractivity contribution in [1.82, 2.24) is 29.9 Å². The summed E-state index contributed by atoms with van der Waals surface area (Å²) >= 11 is 1.74. The summed E-state index contributed by atoms with van der Waals surface area (Å²) in [6.45, 7) is 4.04. The summed E-state index contributed by atoms with van der Waals surface area (Å²) in [5.74, 6) is 0. The minimum atomic E-state index is 0.535. The zero-order valence-electron chi connectivity index (χ0n) is 15.8. The van der Waals surface area contributed by atoms with E-state index < -0.39 is 0 Å². The molecule has 0 aliphatic carbocycles. The molecule has 6 heterocycles. The summed E-state index contributed by atoms with van der Waals surface area (Å²) in [7, 11) is 0. The number of nitrogens with zero attached hydrogens (tertiary/aromatic N) is 5. The number of hydrogen-bond acceptors (Lipinski definition) is 6. The Hall–Kier alpha value is -2.64. The van der Waals surface area contributed by atoms with Gasteiger partial charge in [0.15, 0.2) is 5.65 Å². The van der Waals surface area contributed by atoms with Crippen LogP contribution in [0, 0.1) is 13.8 Å². The first-order chi connectivity index (χ1) is 13.6. The van der Waals surface area contributed by atoms with E-state index in [-0.39, 0.29) is 0 Å². The molecule has 28 heavy (non-hydrogen) atoms. The molecule has 1 N–H and O–H groups in total. The highest BCUT2D eigenvalue weighted by Crippen LogP contribution is 2.37. The van der Waals surface area contributed by atoms with Crippen LogP contribution >= 0.6 is 11.3 Å². The van der Waals surface area contributed by atoms with Crippen molar-refractivity contribution in [3.8, 4) is 11.4 Å². The molecule has 140 valence electrons. The van der Waals surface area contributed by atoms with Crippen molar-refractivity contribution in [2.24, 2.45) is 0 Å². The third-order valence-corrected chi connectivity index (χ3v) is 6.79. The second-order valence-corrected chi connectivity index (χ2v) is 8.89. The molecule has 0 radical (unpaired) electrons. The van der Waals surface area contributed by atoms with Crippen molar-refractivity contribution in [3.63, 3.8) is 0 Å². The van der Waals surface area contributed by atoms with E-state index in [1.807, 2.05) is 29.9 Å². The lowest BCUT2D eigenvalue weighted by atomic mass is 10.0. The van der Waals surface area contributed by atoms with Crippen LogP contribution in [0.4, 0.5) is 0 Å². The van der Waals surface area contributed by atoms with Crippen molar-refractivity contribution in [1.29, 1.82) is 0 Å². The molecule has 0 unspecified atom stereocenters. The van der Waals surface area contributed by atoms with Gasteiger partial charge < -0.3 is 5.32 Å². The van der Waals surface area contributed by atoms with Crippen LogP contribution in [0.5, 0.6) is 0 Å². The van der Waals surface area contributed by atoms with Crippen molar-refractivity contribution in [2.45, 2.75) is 45.2 Å². The summed E-state index contributed by atoms with van der Waals surface area (Å²) in [6.07, 6.45) is 9.80. The van der Waals surface area contributed by atoms with Gasteiger partial charge in [-0.25, -0.2) is 14.5 Å². The molecule has 4 aromatic rings. The molecule has 7 heteroatoms. The molecule has 6 nitrogen and oxygen atoms in total. The second-order valence-electron chi connectivity index (χ2n) is 7.86. The number of imidazole rings is 1. The maximum atomic E-state index is 4.89. The van der Waals surface area contributed by atoms with Gasteiger partial charge in [0.05, 0.1) is 18.1 Å². The minimum absolute atomic E-state index is 0.535. The zero-order valence-corrected chi connectivity index (χ0v) is 16.6. The molecule has 2 bridgehead atoms. The van der Waals surface area contributed by atoms with Crippen LogP contribution in [0.1, 0.15) is 35.4 Å². The summed E-state index contributed by atoms with van der Waals surface area (Å²) < 4.78 is 1.83. The molecule has 0 saturated carbocycles. The normalized spacial score (nSPS) is 21.6. The average Bonchev–Trinajstić information content (AvgIpc) is 3.37. The zero-order chi connectivity index (χ0) is 18.8. The van der Waals surface area contributed by atoms with E-state index in [4.69, 9.17) is 10.1 Å². The Bertz CT molecular complexity index is 1270. The molecule has 0 amide bonds. The lowest BCUT2D eigenvalue weighted by Gasteiger charge is -2.20. The maximum absolute atomic E-state index is 4.89. The van der Waals surface area contributed by atoms with E-state index in [0.29, 0.717) is 12.1 Å². The van der Waals surface area contributed by atoms with Gasteiger partial charge in [0.2, 0.25) is 0 Å². The van der Waals surface area contributed by atoms with Crippen molar-refractivity contribution >= 4 is 32.9 Å². The number of hydrogen-bond donors (Lipinski definition) is 1. The Balaban J connectivity index is 1.42. The third-order valence-electron chi connectivity index (χ3n) is 5.69. The van der Waals surface area contributed by atoms with Gasteiger partial charge in [-0.15, -0.1) is 11.3 Å². The van der Waals surface area contributed by atoms with Crippen molar-refractivity contribution in [3.05, 3.63) is 46.7 Å². The first-order valence-electron chi connectivity index (χ1n) is 9.70. The SMILES string of the molecule is Cc1cn2nc(-c3cnc4cc(C5=C[C@@H]6CC[C@H](C5)N6)sc4n3)cc(C)c2n1. The molecular formula is C21H20N6S. The summed E-state index contributed by atoms with van der Waals surface area (Å²) in [6, 6.07) is 5.39. The quantitative estimate of drug-likeness (QED) is 0.564. The molecule has 2 aliphatic heterocycles. The van der Waals surface area contributed by atoms with Crippen LogP contribution in [0.15, 0.2) is 30.6 Å². The first-order valence-corrected chi connectivity index (χ1v) is 10.5. The van der Waals surface area contributed by atoms with E-state index in [1.54, 1.807) is 11.3 Å². The summed E-state index contributed by atoms with van der Waals surface area (Å²) in [5.41, 5.74) is 6.97. The van der Waals surface area contributed by atoms with E-state index in [9.17, 15) is 0 Å². The number of aryl methyl sites for hydroxylation is 2. The van der Waals surface area contributed by atoms with Crippen molar-refractivity contribution < 1.29 is 0 Å². The fourth-order valence-corrected chi connectivity index (χ4v) is 5.39. The van der Waals surface area contributed by atoms with E-state index in [1.165, 1.54) is 23.3 Å². The largest absolute Gasteiger partial charge is 0.307 e. The van der Waals surface area contributed by atoms with E-state index in [0.717, 1.165) is 45.1 Å². The molecule has 1 saturated heterocycles. The van der Waals surface area contributed by atoms with Gasteiger partial charge in [-0.3, -0.25) is 4.98 Å². The smallest absolute Gasteiger partial charge is 0.156 e. The lowest BCUT2D eigenvalue weighted by Crippen LogP contribution is -2.31. The highest BCUT2D eigenvalue weighted by Gasteiger charge is 2.29. The van der Waals surface area contributed by atoms with E-state index in [2.05, 4.69) is 34.4 Å². The van der Waals surface area contributed by atoms with Crippen LogP contribution in [0.3, 0.4) is 0 Å². The topological polar surface area (TPSA) is 68.0 Å². The Morgan fingerprint density at radius 3 is 2.96 bits per heavy atom. The van der Waals surface area contributed by atoms with Crippen LogP contribution in [0.25, 0.3) is 33.0 Å². The highest BCUT2D eigenvalue weighted by molar-refractivity contribution is 7.19. The number of nitrogens with one attached hydrogen (secondary N) is 1. The Morgan fingerprint density at radius 2 is 2.07 bits per heavy atom.